The van der Waals surface area contributed by atoms with Crippen molar-refractivity contribution in [3.05, 3.63) is 36.4 Å². The van der Waals surface area contributed by atoms with Crippen LogP contribution in [0.15, 0.2) is 30.9 Å². The van der Waals surface area contributed by atoms with Crippen molar-refractivity contribution in [3.8, 4) is 11.5 Å². The fraction of sp³-hybridized carbons (Fsp3) is 0.385. The molecule has 4 heteroatoms. The number of nitrogens with two attached hydrogens (primary N) is 1. The number of hydrogen-bond donors (Lipinski definition) is 1. The first kappa shape index (κ1) is 15.8. The Kier molecular flexibility index (Phi) is 7.42. The fourth-order valence-electron chi connectivity index (χ4n) is 1.55. The van der Waals surface area contributed by atoms with E-state index in [4.69, 9.17) is 15.2 Å². The van der Waals surface area contributed by atoms with Crippen LogP contribution < -0.4 is 15.2 Å². The van der Waals surface area contributed by atoms with Gasteiger partial charge in [-0.1, -0.05) is 12.1 Å². The zero-order valence-corrected chi connectivity index (χ0v) is 11.1. The van der Waals surface area contributed by atoms with E-state index in [0.717, 1.165) is 24.2 Å². The second kappa shape index (κ2) is 7.98. The van der Waals surface area contributed by atoms with Gasteiger partial charge in [0, 0.05) is 6.04 Å². The predicted molar refractivity (Wildman–Crippen MR) is 73.2 cm³/mol. The smallest absolute Gasteiger partial charge is 0.161 e. The Morgan fingerprint density at radius 3 is 2.47 bits per heavy atom. The predicted octanol–water partition coefficient (Wildman–Crippen LogP) is 3.09. The van der Waals surface area contributed by atoms with Gasteiger partial charge in [0.05, 0.1) is 14.2 Å². The molecule has 1 aromatic rings. The topological polar surface area (TPSA) is 44.5 Å². The maximum absolute atomic E-state index is 6.05. The van der Waals surface area contributed by atoms with Crippen molar-refractivity contribution < 1.29 is 9.47 Å². The Morgan fingerprint density at radius 1 is 1.29 bits per heavy atom. The van der Waals surface area contributed by atoms with Crippen LogP contribution in [0.4, 0.5) is 0 Å². The Morgan fingerprint density at radius 2 is 1.94 bits per heavy atom. The van der Waals surface area contributed by atoms with Crippen LogP contribution in [-0.4, -0.2) is 14.2 Å². The molecule has 0 saturated heterocycles. The highest BCUT2D eigenvalue weighted by molar-refractivity contribution is 5.85. The van der Waals surface area contributed by atoms with Gasteiger partial charge in [0.15, 0.2) is 11.5 Å². The fourth-order valence-corrected chi connectivity index (χ4v) is 1.55. The first-order valence-corrected chi connectivity index (χ1v) is 5.31. The zero-order valence-electron chi connectivity index (χ0n) is 10.3. The summed E-state index contributed by atoms with van der Waals surface area (Å²) in [6.45, 7) is 3.69. The third kappa shape index (κ3) is 4.29. The van der Waals surface area contributed by atoms with Crippen molar-refractivity contribution in [1.82, 2.24) is 0 Å². The third-order valence-corrected chi connectivity index (χ3v) is 2.52. The lowest BCUT2D eigenvalue weighted by Crippen LogP contribution is -2.10. The van der Waals surface area contributed by atoms with E-state index in [1.165, 1.54) is 0 Å². The molecule has 17 heavy (non-hydrogen) atoms. The van der Waals surface area contributed by atoms with Crippen molar-refractivity contribution in [2.75, 3.05) is 14.2 Å². The van der Waals surface area contributed by atoms with Gasteiger partial charge >= 0.3 is 0 Å². The number of ether oxygens (including phenoxy) is 2. The van der Waals surface area contributed by atoms with Gasteiger partial charge in [-0.15, -0.1) is 19.0 Å². The quantitative estimate of drug-likeness (QED) is 0.797. The van der Waals surface area contributed by atoms with E-state index in [2.05, 4.69) is 6.58 Å². The summed E-state index contributed by atoms with van der Waals surface area (Å²) in [4.78, 5) is 0. The Labute approximate surface area is 109 Å². The molecular formula is C13H20ClNO2. The summed E-state index contributed by atoms with van der Waals surface area (Å²) in [5.41, 5.74) is 7.11. The summed E-state index contributed by atoms with van der Waals surface area (Å²) in [5.74, 6) is 1.44. The molecule has 0 aliphatic rings. The molecule has 3 nitrogen and oxygen atoms in total. The van der Waals surface area contributed by atoms with E-state index >= 15 is 0 Å². The van der Waals surface area contributed by atoms with Gasteiger partial charge < -0.3 is 15.2 Å². The minimum absolute atomic E-state index is 0. The van der Waals surface area contributed by atoms with Gasteiger partial charge in [-0.2, -0.15) is 0 Å². The molecule has 0 amide bonds. The Bertz CT molecular complexity index is 355. The van der Waals surface area contributed by atoms with Crippen LogP contribution >= 0.6 is 12.4 Å². The second-order valence-electron chi connectivity index (χ2n) is 3.59. The maximum Gasteiger partial charge on any atom is 0.161 e. The molecule has 0 aliphatic heterocycles. The van der Waals surface area contributed by atoms with Gasteiger partial charge in [0.2, 0.25) is 0 Å². The van der Waals surface area contributed by atoms with E-state index in [9.17, 15) is 0 Å². The maximum atomic E-state index is 6.05. The summed E-state index contributed by atoms with van der Waals surface area (Å²) < 4.78 is 10.4. The number of benzene rings is 1. The second-order valence-corrected chi connectivity index (χ2v) is 3.59. The summed E-state index contributed by atoms with van der Waals surface area (Å²) in [5, 5.41) is 0. The minimum atomic E-state index is 0. The van der Waals surface area contributed by atoms with Crippen LogP contribution in [0.5, 0.6) is 11.5 Å². The van der Waals surface area contributed by atoms with Crippen LogP contribution in [0.1, 0.15) is 24.4 Å². The molecule has 1 atom stereocenters. The van der Waals surface area contributed by atoms with Crippen molar-refractivity contribution in [1.29, 1.82) is 0 Å². The van der Waals surface area contributed by atoms with Crippen molar-refractivity contribution in [2.45, 2.75) is 18.9 Å². The summed E-state index contributed by atoms with van der Waals surface area (Å²) >= 11 is 0. The van der Waals surface area contributed by atoms with E-state index in [1.54, 1.807) is 14.2 Å². The molecule has 0 spiro atoms. The van der Waals surface area contributed by atoms with Crippen molar-refractivity contribution in [2.24, 2.45) is 5.73 Å². The number of halogens is 1. The first-order valence-electron chi connectivity index (χ1n) is 5.31. The molecule has 0 bridgehead atoms. The highest BCUT2D eigenvalue weighted by Gasteiger charge is 2.09. The average molecular weight is 258 g/mol. The third-order valence-electron chi connectivity index (χ3n) is 2.52. The number of rotatable bonds is 6. The molecule has 0 aliphatic carbocycles. The van der Waals surface area contributed by atoms with Crippen LogP contribution in [0.2, 0.25) is 0 Å². The van der Waals surface area contributed by atoms with Gasteiger partial charge in [-0.3, -0.25) is 0 Å². The van der Waals surface area contributed by atoms with Gasteiger partial charge in [0.25, 0.3) is 0 Å². The lowest BCUT2D eigenvalue weighted by Gasteiger charge is -2.14. The molecule has 1 rings (SSSR count). The molecular weight excluding hydrogens is 238 g/mol. The highest BCUT2D eigenvalue weighted by atomic mass is 35.5. The zero-order chi connectivity index (χ0) is 12.0. The first-order chi connectivity index (χ1) is 7.72. The van der Waals surface area contributed by atoms with E-state index in [-0.39, 0.29) is 18.4 Å². The monoisotopic (exact) mass is 257 g/mol. The molecule has 96 valence electrons. The van der Waals surface area contributed by atoms with Crippen molar-refractivity contribution in [3.63, 3.8) is 0 Å². The highest BCUT2D eigenvalue weighted by Crippen LogP contribution is 2.30. The van der Waals surface area contributed by atoms with Gasteiger partial charge in [0.1, 0.15) is 0 Å². The molecule has 2 N–H and O–H groups in total. The molecule has 0 fully saturated rings. The Hall–Kier alpha value is -1.19. The van der Waals surface area contributed by atoms with Gasteiger partial charge in [-0.05, 0) is 30.5 Å². The van der Waals surface area contributed by atoms with E-state index < -0.39 is 0 Å². The van der Waals surface area contributed by atoms with Crippen LogP contribution in [-0.2, 0) is 0 Å². The van der Waals surface area contributed by atoms with Crippen molar-refractivity contribution >= 4 is 12.4 Å². The van der Waals surface area contributed by atoms with E-state index in [0.29, 0.717) is 5.75 Å². The molecule has 0 saturated carbocycles. The van der Waals surface area contributed by atoms with Crippen LogP contribution in [0.25, 0.3) is 0 Å². The molecule has 1 aromatic carbocycles. The molecule has 0 unspecified atom stereocenters. The molecule has 0 radical (unpaired) electrons. The number of allylic oxidation sites excluding steroid dienone is 1. The Balaban J connectivity index is 0.00000256. The molecule has 0 aromatic heterocycles. The normalized spacial score (nSPS) is 11.2. The van der Waals surface area contributed by atoms with E-state index in [1.807, 2.05) is 24.3 Å². The van der Waals surface area contributed by atoms with Gasteiger partial charge in [-0.25, -0.2) is 0 Å². The number of methoxy groups -OCH3 is 2. The average Bonchev–Trinajstić information content (AvgIpc) is 2.34. The van der Waals surface area contributed by atoms with Crippen LogP contribution in [0, 0.1) is 0 Å². The molecule has 0 heterocycles. The summed E-state index contributed by atoms with van der Waals surface area (Å²) in [7, 11) is 3.24. The number of hydrogen-bond acceptors (Lipinski definition) is 3. The standard InChI is InChI=1S/C13H19NO2.ClH/c1-4-5-6-11(14)10-7-8-12(15-2)13(9-10)16-3;/h4,7-9,11H,1,5-6,14H2,2-3H3;1H/t11-;/m0./s1. The SMILES string of the molecule is C=CCC[C@H](N)c1ccc(OC)c(OC)c1.Cl. The summed E-state index contributed by atoms with van der Waals surface area (Å²) in [6.07, 6.45) is 3.68. The summed E-state index contributed by atoms with van der Waals surface area (Å²) in [6, 6.07) is 5.78. The minimum Gasteiger partial charge on any atom is -0.493 e. The van der Waals surface area contributed by atoms with Crippen LogP contribution in [0.3, 0.4) is 0 Å². The lowest BCUT2D eigenvalue weighted by atomic mass is 10.0. The largest absolute Gasteiger partial charge is 0.493 e. The lowest BCUT2D eigenvalue weighted by molar-refractivity contribution is 0.354.